The van der Waals surface area contributed by atoms with Crippen LogP contribution in [0.25, 0.3) is 5.76 Å². The van der Waals surface area contributed by atoms with Crippen molar-refractivity contribution in [3.05, 3.63) is 109 Å². The minimum Gasteiger partial charge on any atom is -0.507 e. The lowest BCUT2D eigenvalue weighted by atomic mass is 9.94. The van der Waals surface area contributed by atoms with Crippen LogP contribution in [0.5, 0.6) is 0 Å². The summed E-state index contributed by atoms with van der Waals surface area (Å²) in [5, 5.41) is 22.6. The van der Waals surface area contributed by atoms with Crippen LogP contribution in [0.4, 0.5) is 11.4 Å². The smallest absolute Gasteiger partial charge is 0.300 e. The number of aliphatic hydroxyl groups excluding tert-OH is 1. The fourth-order valence-electron chi connectivity index (χ4n) is 3.83. The molecular formula is C24H16Cl2N2O5. The highest BCUT2D eigenvalue weighted by Gasteiger charge is 2.47. The Hall–Kier alpha value is -3.68. The van der Waals surface area contributed by atoms with Crippen molar-refractivity contribution in [2.75, 3.05) is 4.90 Å². The Morgan fingerprint density at radius 3 is 2.21 bits per heavy atom. The van der Waals surface area contributed by atoms with E-state index in [9.17, 15) is 24.8 Å². The van der Waals surface area contributed by atoms with Crippen LogP contribution >= 0.6 is 23.2 Å². The topological polar surface area (TPSA) is 101 Å². The van der Waals surface area contributed by atoms with E-state index in [0.717, 1.165) is 5.56 Å². The van der Waals surface area contributed by atoms with Gasteiger partial charge in [0.1, 0.15) is 5.76 Å². The Bertz CT molecular complexity index is 1310. The lowest BCUT2D eigenvalue weighted by molar-refractivity contribution is -0.384. The normalized spacial score (nSPS) is 17.4. The van der Waals surface area contributed by atoms with Gasteiger partial charge in [-0.3, -0.25) is 24.6 Å². The molecule has 1 aliphatic rings. The summed E-state index contributed by atoms with van der Waals surface area (Å²) in [5.41, 5.74) is 1.63. The number of amides is 1. The van der Waals surface area contributed by atoms with E-state index in [4.69, 9.17) is 23.2 Å². The van der Waals surface area contributed by atoms with Crippen molar-refractivity contribution in [2.45, 2.75) is 13.0 Å². The lowest BCUT2D eigenvalue weighted by Gasteiger charge is -2.26. The van der Waals surface area contributed by atoms with Crippen molar-refractivity contribution in [1.82, 2.24) is 0 Å². The fraction of sp³-hybridized carbons (Fsp3) is 0.0833. The molecule has 33 heavy (non-hydrogen) atoms. The number of nitrogens with zero attached hydrogens (tertiary/aromatic N) is 2. The number of benzene rings is 3. The quantitative estimate of drug-likeness (QED) is 0.165. The van der Waals surface area contributed by atoms with Crippen LogP contribution in [0.2, 0.25) is 10.0 Å². The molecule has 0 radical (unpaired) electrons. The number of hydrogen-bond donors (Lipinski definition) is 1. The van der Waals surface area contributed by atoms with E-state index in [1.807, 2.05) is 13.0 Å². The standard InChI is InChI=1S/C24H16Cl2N2O5/c1-13-3-2-4-15(9-13)21-20(22(29)14-5-7-18(8-6-14)28(32)33)23(30)24(31)27(21)19-11-16(25)10-17(26)12-19/h2-12,21,29H,1H3/b22-20+. The van der Waals surface area contributed by atoms with Gasteiger partial charge in [-0.15, -0.1) is 0 Å². The third-order valence-corrected chi connectivity index (χ3v) is 5.72. The minimum absolute atomic E-state index is 0.143. The second-order valence-electron chi connectivity index (χ2n) is 7.51. The van der Waals surface area contributed by atoms with Gasteiger partial charge in [-0.2, -0.15) is 0 Å². The number of nitro benzene ring substituents is 1. The molecule has 1 unspecified atom stereocenters. The van der Waals surface area contributed by atoms with Crippen LogP contribution in [0, 0.1) is 17.0 Å². The van der Waals surface area contributed by atoms with Gasteiger partial charge >= 0.3 is 0 Å². The first-order chi connectivity index (χ1) is 15.7. The van der Waals surface area contributed by atoms with Gasteiger partial charge in [0.2, 0.25) is 0 Å². The number of carbonyl (C=O) groups is 2. The number of anilines is 1. The molecule has 1 fully saturated rings. The van der Waals surface area contributed by atoms with Gasteiger partial charge < -0.3 is 5.11 Å². The molecule has 0 bridgehead atoms. The molecule has 166 valence electrons. The van der Waals surface area contributed by atoms with Crippen molar-refractivity contribution < 1.29 is 19.6 Å². The number of aryl methyl sites for hydroxylation is 1. The fourth-order valence-corrected chi connectivity index (χ4v) is 4.34. The minimum atomic E-state index is -0.963. The second-order valence-corrected chi connectivity index (χ2v) is 8.39. The molecule has 9 heteroatoms. The van der Waals surface area contributed by atoms with E-state index in [1.54, 1.807) is 18.2 Å². The summed E-state index contributed by atoms with van der Waals surface area (Å²) in [7, 11) is 0. The predicted molar refractivity (Wildman–Crippen MR) is 126 cm³/mol. The highest BCUT2D eigenvalue weighted by atomic mass is 35.5. The van der Waals surface area contributed by atoms with Gasteiger partial charge in [0.25, 0.3) is 17.4 Å². The van der Waals surface area contributed by atoms with E-state index in [1.165, 1.54) is 47.4 Å². The largest absolute Gasteiger partial charge is 0.507 e. The molecule has 1 aliphatic heterocycles. The number of nitro groups is 1. The van der Waals surface area contributed by atoms with Gasteiger partial charge in [0.05, 0.1) is 16.5 Å². The summed E-state index contributed by atoms with van der Waals surface area (Å²) in [5.74, 6) is -2.19. The van der Waals surface area contributed by atoms with Gasteiger partial charge in [-0.05, 0) is 42.8 Å². The molecule has 0 saturated carbocycles. The molecule has 0 aromatic heterocycles. The molecule has 0 aliphatic carbocycles. The number of Topliss-reactive ketones (excluding diaryl/α,β-unsaturated/α-hetero) is 1. The van der Waals surface area contributed by atoms with Crippen LogP contribution in [0.1, 0.15) is 22.7 Å². The van der Waals surface area contributed by atoms with E-state index >= 15 is 0 Å². The van der Waals surface area contributed by atoms with E-state index in [0.29, 0.717) is 11.3 Å². The SMILES string of the molecule is Cc1cccc(C2/C(=C(\O)c3ccc([N+](=O)[O-])cc3)C(=O)C(=O)N2c2cc(Cl)cc(Cl)c2)c1. The third kappa shape index (κ3) is 4.20. The number of rotatable bonds is 4. The van der Waals surface area contributed by atoms with Crippen molar-refractivity contribution >= 4 is 52.0 Å². The van der Waals surface area contributed by atoms with Gasteiger partial charge in [0.15, 0.2) is 0 Å². The van der Waals surface area contributed by atoms with Crippen LogP contribution in [0.15, 0.2) is 72.3 Å². The molecule has 3 aromatic rings. The zero-order chi connectivity index (χ0) is 23.9. The zero-order valence-corrected chi connectivity index (χ0v) is 18.7. The highest BCUT2D eigenvalue weighted by molar-refractivity contribution is 6.52. The molecule has 1 N–H and O–H groups in total. The van der Waals surface area contributed by atoms with Crippen LogP contribution in [-0.4, -0.2) is 21.7 Å². The Morgan fingerprint density at radius 2 is 1.64 bits per heavy atom. The maximum absolute atomic E-state index is 13.1. The predicted octanol–water partition coefficient (Wildman–Crippen LogP) is 5.84. The monoisotopic (exact) mass is 482 g/mol. The molecule has 1 heterocycles. The van der Waals surface area contributed by atoms with Crippen molar-refractivity contribution in [3.8, 4) is 0 Å². The van der Waals surface area contributed by atoms with Gasteiger partial charge in [-0.1, -0.05) is 53.0 Å². The maximum atomic E-state index is 13.1. The molecule has 1 saturated heterocycles. The molecule has 4 rings (SSSR count). The summed E-state index contributed by atoms with van der Waals surface area (Å²) >= 11 is 12.3. The summed E-state index contributed by atoms with van der Waals surface area (Å²) in [4.78, 5) is 37.9. The Balaban J connectivity index is 1.95. The molecule has 1 atom stereocenters. The number of aliphatic hydroxyl groups is 1. The average molecular weight is 483 g/mol. The van der Waals surface area contributed by atoms with Crippen LogP contribution < -0.4 is 4.90 Å². The van der Waals surface area contributed by atoms with Crippen LogP contribution in [0.3, 0.4) is 0 Å². The summed E-state index contributed by atoms with van der Waals surface area (Å²) < 4.78 is 0. The molecule has 3 aromatic carbocycles. The van der Waals surface area contributed by atoms with E-state index in [-0.39, 0.29) is 26.9 Å². The van der Waals surface area contributed by atoms with Crippen molar-refractivity contribution in [1.29, 1.82) is 0 Å². The molecular weight excluding hydrogens is 467 g/mol. The van der Waals surface area contributed by atoms with Crippen LogP contribution in [-0.2, 0) is 9.59 Å². The van der Waals surface area contributed by atoms with Gasteiger partial charge in [-0.25, -0.2) is 0 Å². The highest BCUT2D eigenvalue weighted by Crippen LogP contribution is 2.43. The Morgan fingerprint density at radius 1 is 1.00 bits per heavy atom. The van der Waals surface area contributed by atoms with Crippen molar-refractivity contribution in [2.24, 2.45) is 0 Å². The Kier molecular flexibility index (Phi) is 5.93. The molecule has 1 amide bonds. The lowest BCUT2D eigenvalue weighted by Crippen LogP contribution is -2.29. The average Bonchev–Trinajstić information content (AvgIpc) is 3.03. The summed E-state index contributed by atoms with van der Waals surface area (Å²) in [6.07, 6.45) is 0. The van der Waals surface area contributed by atoms with Crippen molar-refractivity contribution in [3.63, 3.8) is 0 Å². The Labute approximate surface area is 198 Å². The summed E-state index contributed by atoms with van der Waals surface area (Å²) in [6.45, 7) is 1.86. The number of hydrogen-bond acceptors (Lipinski definition) is 5. The number of non-ortho nitro benzene ring substituents is 1. The zero-order valence-electron chi connectivity index (χ0n) is 17.2. The first-order valence-corrected chi connectivity index (χ1v) is 10.5. The first kappa shape index (κ1) is 22.5. The summed E-state index contributed by atoms with van der Waals surface area (Å²) in [6, 6.07) is 15.8. The number of carbonyl (C=O) groups excluding carboxylic acids is 2. The molecule has 7 nitrogen and oxygen atoms in total. The second kappa shape index (κ2) is 8.69. The number of halogens is 2. The van der Waals surface area contributed by atoms with Gasteiger partial charge in [0, 0.05) is 33.4 Å². The maximum Gasteiger partial charge on any atom is 0.300 e. The molecule has 0 spiro atoms. The first-order valence-electron chi connectivity index (χ1n) is 9.76. The van der Waals surface area contributed by atoms with E-state index in [2.05, 4.69) is 0 Å². The number of ketones is 1. The van der Waals surface area contributed by atoms with E-state index < -0.39 is 28.4 Å². The third-order valence-electron chi connectivity index (χ3n) is 5.28.